The summed E-state index contributed by atoms with van der Waals surface area (Å²) >= 11 is 0. The highest BCUT2D eigenvalue weighted by atomic mass is 16.2. The van der Waals surface area contributed by atoms with Crippen LogP contribution in [0.3, 0.4) is 0 Å². The first-order chi connectivity index (χ1) is 10.7. The van der Waals surface area contributed by atoms with Crippen LogP contribution in [0.15, 0.2) is 54.1 Å². The number of carbonyl (C=O) groups is 1. The second-order valence-electron chi connectivity index (χ2n) is 4.92. The Morgan fingerprint density at radius 3 is 2.18 bits per heavy atom. The number of fused-ring (bicyclic) bond motifs is 1. The molecule has 1 aliphatic rings. The van der Waals surface area contributed by atoms with Crippen LogP contribution in [-0.4, -0.2) is 5.91 Å². The van der Waals surface area contributed by atoms with Crippen molar-refractivity contribution in [3.8, 4) is 12.1 Å². The van der Waals surface area contributed by atoms with Crippen LogP contribution in [0.2, 0.25) is 0 Å². The number of carbonyl (C=O) groups excluding carboxylic acids is 1. The molecule has 0 saturated carbocycles. The maximum Gasteiger partial charge on any atom is 0.263 e. The first-order valence-electron chi connectivity index (χ1n) is 6.73. The van der Waals surface area contributed by atoms with Crippen molar-refractivity contribution in [1.82, 2.24) is 0 Å². The summed E-state index contributed by atoms with van der Waals surface area (Å²) in [6, 6.07) is 18.2. The lowest BCUT2D eigenvalue weighted by atomic mass is 10.1. The molecule has 0 N–H and O–H groups in total. The molecule has 1 amide bonds. The molecule has 2 aromatic rings. The predicted octanol–water partition coefficient (Wildman–Crippen LogP) is 3.41. The average molecular weight is 285 g/mol. The van der Waals surface area contributed by atoms with Gasteiger partial charge in [-0.2, -0.15) is 10.5 Å². The lowest BCUT2D eigenvalue weighted by Gasteiger charge is -2.20. The van der Waals surface area contributed by atoms with Crippen LogP contribution in [0.4, 0.5) is 5.69 Å². The molecule has 0 aromatic heterocycles. The van der Waals surface area contributed by atoms with Gasteiger partial charge < -0.3 is 0 Å². The van der Waals surface area contributed by atoms with E-state index in [0.29, 0.717) is 22.5 Å². The van der Waals surface area contributed by atoms with E-state index in [4.69, 9.17) is 0 Å². The van der Waals surface area contributed by atoms with Crippen molar-refractivity contribution in [3.63, 3.8) is 0 Å². The van der Waals surface area contributed by atoms with Gasteiger partial charge in [-0.25, -0.2) is 0 Å². The highest BCUT2D eigenvalue weighted by molar-refractivity contribution is 6.23. The Hall–Kier alpha value is -3.37. The fourth-order valence-electron chi connectivity index (χ4n) is 2.64. The van der Waals surface area contributed by atoms with Gasteiger partial charge in [0.1, 0.15) is 12.1 Å². The molecule has 0 bridgehead atoms. The standard InChI is InChI=1S/C18H11N3O/c1-12-6-2-5-9-16(12)21-17(13(10-19)11-20)14-7-3-4-8-15(14)18(21)22/h2-9H,1H3. The molecule has 104 valence electrons. The molecule has 1 aliphatic heterocycles. The summed E-state index contributed by atoms with van der Waals surface area (Å²) in [4.78, 5) is 14.2. The molecule has 3 rings (SSSR count). The Labute approximate surface area is 128 Å². The molecular weight excluding hydrogens is 274 g/mol. The molecule has 0 fully saturated rings. The molecule has 0 saturated heterocycles. The molecule has 4 heteroatoms. The number of benzene rings is 2. The summed E-state index contributed by atoms with van der Waals surface area (Å²) in [5.41, 5.74) is 3.00. The van der Waals surface area contributed by atoms with Crippen LogP contribution in [0.1, 0.15) is 21.5 Å². The van der Waals surface area contributed by atoms with Crippen molar-refractivity contribution in [3.05, 3.63) is 70.8 Å². The first-order valence-corrected chi connectivity index (χ1v) is 6.73. The molecule has 4 nitrogen and oxygen atoms in total. The van der Waals surface area contributed by atoms with E-state index in [1.54, 1.807) is 24.3 Å². The molecule has 1 heterocycles. The lowest BCUT2D eigenvalue weighted by Crippen LogP contribution is -2.24. The van der Waals surface area contributed by atoms with Crippen LogP contribution < -0.4 is 4.90 Å². The molecule has 2 aromatic carbocycles. The largest absolute Gasteiger partial charge is 0.274 e. The zero-order valence-corrected chi connectivity index (χ0v) is 11.9. The minimum atomic E-state index is -0.220. The second kappa shape index (κ2) is 5.20. The van der Waals surface area contributed by atoms with Crippen LogP contribution in [0.5, 0.6) is 0 Å². The van der Waals surface area contributed by atoms with Crippen LogP contribution >= 0.6 is 0 Å². The average Bonchev–Trinajstić information content (AvgIpc) is 2.83. The number of rotatable bonds is 1. The van der Waals surface area contributed by atoms with E-state index < -0.39 is 0 Å². The van der Waals surface area contributed by atoms with E-state index in [2.05, 4.69) is 0 Å². The van der Waals surface area contributed by atoms with Gasteiger partial charge in [0.15, 0.2) is 5.57 Å². The van der Waals surface area contributed by atoms with Crippen molar-refractivity contribution in [1.29, 1.82) is 10.5 Å². The summed E-state index contributed by atoms with van der Waals surface area (Å²) in [5, 5.41) is 18.5. The number of aryl methyl sites for hydroxylation is 1. The molecule has 22 heavy (non-hydrogen) atoms. The Morgan fingerprint density at radius 1 is 0.955 bits per heavy atom. The zero-order chi connectivity index (χ0) is 15.7. The summed E-state index contributed by atoms with van der Waals surface area (Å²) in [6.07, 6.45) is 0. The van der Waals surface area contributed by atoms with Gasteiger partial charge in [-0.15, -0.1) is 0 Å². The molecule has 0 atom stereocenters. The van der Waals surface area contributed by atoms with E-state index in [1.165, 1.54) is 4.90 Å². The van der Waals surface area contributed by atoms with Gasteiger partial charge in [0.05, 0.1) is 11.4 Å². The summed E-state index contributed by atoms with van der Waals surface area (Å²) < 4.78 is 0. The van der Waals surface area contributed by atoms with Gasteiger partial charge in [-0.3, -0.25) is 9.69 Å². The van der Waals surface area contributed by atoms with Gasteiger partial charge in [0.25, 0.3) is 5.91 Å². The number of para-hydroxylation sites is 1. The van der Waals surface area contributed by atoms with Crippen molar-refractivity contribution in [2.75, 3.05) is 4.90 Å². The second-order valence-corrected chi connectivity index (χ2v) is 4.92. The Kier molecular flexibility index (Phi) is 3.21. The minimum absolute atomic E-state index is 0.0680. The van der Waals surface area contributed by atoms with Crippen LogP contribution in [0.25, 0.3) is 5.70 Å². The highest BCUT2D eigenvalue weighted by Gasteiger charge is 2.36. The normalized spacial score (nSPS) is 12.6. The zero-order valence-electron chi connectivity index (χ0n) is 11.9. The molecular formula is C18H11N3O. The van der Waals surface area contributed by atoms with E-state index in [1.807, 2.05) is 43.3 Å². The summed E-state index contributed by atoms with van der Waals surface area (Å²) in [5.74, 6) is -0.220. The number of nitriles is 2. The fourth-order valence-corrected chi connectivity index (χ4v) is 2.64. The molecule has 0 unspecified atom stereocenters. The van der Waals surface area contributed by atoms with Gasteiger partial charge in [-0.1, -0.05) is 36.4 Å². The lowest BCUT2D eigenvalue weighted by molar-refractivity contribution is 0.101. The predicted molar refractivity (Wildman–Crippen MR) is 82.6 cm³/mol. The summed E-state index contributed by atoms with van der Waals surface area (Å²) in [6.45, 7) is 1.89. The van der Waals surface area contributed by atoms with Gasteiger partial charge in [0, 0.05) is 11.1 Å². The topological polar surface area (TPSA) is 67.9 Å². The van der Waals surface area contributed by atoms with Crippen molar-refractivity contribution in [2.45, 2.75) is 6.92 Å². The maximum atomic E-state index is 12.8. The van der Waals surface area contributed by atoms with E-state index in [-0.39, 0.29) is 11.5 Å². The van der Waals surface area contributed by atoms with Crippen molar-refractivity contribution < 1.29 is 4.79 Å². The fraction of sp³-hybridized carbons (Fsp3) is 0.0556. The smallest absolute Gasteiger partial charge is 0.263 e. The Balaban J connectivity index is 2.35. The van der Waals surface area contributed by atoms with Crippen molar-refractivity contribution >= 4 is 17.3 Å². The van der Waals surface area contributed by atoms with Gasteiger partial charge >= 0.3 is 0 Å². The number of anilines is 1. The maximum absolute atomic E-state index is 12.8. The van der Waals surface area contributed by atoms with E-state index in [9.17, 15) is 15.3 Å². The SMILES string of the molecule is Cc1ccccc1N1C(=O)c2ccccc2C1=C(C#N)C#N. The quantitative estimate of drug-likeness (QED) is 0.754. The molecule has 0 spiro atoms. The van der Waals surface area contributed by atoms with Crippen molar-refractivity contribution in [2.24, 2.45) is 0 Å². The minimum Gasteiger partial charge on any atom is -0.274 e. The monoisotopic (exact) mass is 285 g/mol. The third-order valence-corrected chi connectivity index (χ3v) is 3.66. The number of hydrogen-bond acceptors (Lipinski definition) is 3. The third kappa shape index (κ3) is 1.87. The number of hydrogen-bond donors (Lipinski definition) is 0. The van der Waals surface area contributed by atoms with Crippen LogP contribution in [0, 0.1) is 29.6 Å². The molecule has 0 aliphatic carbocycles. The number of amides is 1. The molecule has 0 radical (unpaired) electrons. The highest BCUT2D eigenvalue weighted by Crippen LogP contribution is 2.39. The Bertz CT molecular complexity index is 881. The third-order valence-electron chi connectivity index (χ3n) is 3.66. The number of allylic oxidation sites excluding steroid dienone is 1. The van der Waals surface area contributed by atoms with Gasteiger partial charge in [0.2, 0.25) is 0 Å². The number of nitrogens with zero attached hydrogens (tertiary/aromatic N) is 3. The summed E-state index contributed by atoms with van der Waals surface area (Å²) in [7, 11) is 0. The van der Waals surface area contributed by atoms with E-state index in [0.717, 1.165) is 5.56 Å². The van der Waals surface area contributed by atoms with Gasteiger partial charge in [-0.05, 0) is 24.6 Å². The first kappa shape index (κ1) is 13.6. The Morgan fingerprint density at radius 2 is 1.55 bits per heavy atom. The van der Waals surface area contributed by atoms with E-state index >= 15 is 0 Å². The van der Waals surface area contributed by atoms with Crippen LogP contribution in [-0.2, 0) is 0 Å².